The number of benzene rings is 2. The molecule has 2 heterocycles. The summed E-state index contributed by atoms with van der Waals surface area (Å²) in [6.45, 7) is 5.32. The maximum Gasteiger partial charge on any atom is 0.419 e. The van der Waals surface area contributed by atoms with Crippen LogP contribution in [0.3, 0.4) is 0 Å². The van der Waals surface area contributed by atoms with Crippen molar-refractivity contribution in [1.29, 1.82) is 0 Å². The Labute approximate surface area is 182 Å². The fraction of sp³-hybridized carbons (Fsp3) is 0.217. The maximum absolute atomic E-state index is 12.7. The molecule has 8 heteroatoms. The third-order valence-electron chi connectivity index (χ3n) is 4.60. The Morgan fingerprint density at radius 2 is 1.90 bits per heavy atom. The van der Waals surface area contributed by atoms with E-state index in [0.717, 1.165) is 15.5 Å². The molecule has 7 nitrogen and oxygen atoms in total. The maximum atomic E-state index is 12.7. The van der Waals surface area contributed by atoms with Gasteiger partial charge in [-0.25, -0.2) is 14.2 Å². The number of carbonyl (C=O) groups is 2. The number of aromatic carboxylic acids is 1. The second kappa shape index (κ2) is 7.67. The van der Waals surface area contributed by atoms with Crippen molar-refractivity contribution < 1.29 is 28.6 Å². The molecule has 0 radical (unpaired) electrons. The van der Waals surface area contributed by atoms with Crippen LogP contribution in [0, 0.1) is 0 Å². The fourth-order valence-electron chi connectivity index (χ4n) is 3.31. The monoisotopic (exact) mass is 441 g/mol. The fourth-order valence-corrected chi connectivity index (χ4v) is 3.48. The van der Waals surface area contributed by atoms with Crippen molar-refractivity contribution in [2.75, 3.05) is 0 Å². The van der Waals surface area contributed by atoms with Gasteiger partial charge in [-0.3, -0.25) is 0 Å². The van der Waals surface area contributed by atoms with Gasteiger partial charge in [-0.05, 0) is 57.2 Å². The molecule has 0 bridgehead atoms. The summed E-state index contributed by atoms with van der Waals surface area (Å²) in [5, 5.41) is 11.5. The minimum absolute atomic E-state index is 0.173. The highest BCUT2D eigenvalue weighted by molar-refractivity contribution is 6.31. The first-order chi connectivity index (χ1) is 14.6. The number of rotatable bonds is 4. The number of nitrogens with zero attached hydrogens (tertiary/aromatic N) is 1. The number of furan rings is 1. The summed E-state index contributed by atoms with van der Waals surface area (Å²) < 4.78 is 17.9. The number of carboxylic acids is 1. The van der Waals surface area contributed by atoms with Crippen LogP contribution in [0.15, 0.2) is 53.1 Å². The quantitative estimate of drug-likeness (QED) is 0.411. The van der Waals surface area contributed by atoms with E-state index in [0.29, 0.717) is 27.3 Å². The minimum atomic E-state index is -1.25. The highest BCUT2D eigenvalue weighted by atomic mass is 35.5. The first kappa shape index (κ1) is 20.8. The van der Waals surface area contributed by atoms with E-state index in [1.807, 2.05) is 0 Å². The second-order valence-corrected chi connectivity index (χ2v) is 8.47. The third kappa shape index (κ3) is 4.09. The zero-order valence-corrected chi connectivity index (χ0v) is 17.9. The minimum Gasteiger partial charge on any atom is -0.488 e. The van der Waals surface area contributed by atoms with E-state index < -0.39 is 17.7 Å². The number of fused-ring (bicyclic) bond motifs is 2. The molecule has 2 aromatic heterocycles. The van der Waals surface area contributed by atoms with Crippen LogP contribution >= 0.6 is 11.6 Å². The average Bonchev–Trinajstić information content (AvgIpc) is 3.26. The number of carbonyl (C=O) groups excluding carboxylic acids is 1. The Balaban J connectivity index is 1.72. The van der Waals surface area contributed by atoms with Crippen molar-refractivity contribution in [3.63, 3.8) is 0 Å². The molecule has 0 saturated heterocycles. The molecule has 0 spiro atoms. The normalized spacial score (nSPS) is 11.7. The average molecular weight is 442 g/mol. The predicted molar refractivity (Wildman–Crippen MR) is 116 cm³/mol. The van der Waals surface area contributed by atoms with Crippen molar-refractivity contribution in [2.24, 2.45) is 0 Å². The van der Waals surface area contributed by atoms with Gasteiger partial charge in [0.15, 0.2) is 0 Å². The summed E-state index contributed by atoms with van der Waals surface area (Å²) in [6, 6.07) is 11.8. The number of aromatic nitrogens is 1. The van der Waals surface area contributed by atoms with Gasteiger partial charge in [0.25, 0.3) is 0 Å². The van der Waals surface area contributed by atoms with Gasteiger partial charge in [-0.15, -0.1) is 0 Å². The molecule has 0 unspecified atom stereocenters. The summed E-state index contributed by atoms with van der Waals surface area (Å²) in [4.78, 5) is 24.5. The molecule has 31 heavy (non-hydrogen) atoms. The molecule has 2 aromatic carbocycles. The second-order valence-electron chi connectivity index (χ2n) is 8.03. The highest BCUT2D eigenvalue weighted by Gasteiger charge is 2.26. The van der Waals surface area contributed by atoms with E-state index in [1.54, 1.807) is 63.4 Å². The van der Waals surface area contributed by atoms with Gasteiger partial charge >= 0.3 is 12.1 Å². The number of carboxylic acid groups (broad SMARTS) is 1. The number of halogens is 1. The molecule has 0 fully saturated rings. The molecular formula is C23H20ClNO6. The number of ether oxygens (including phenoxy) is 2. The Morgan fingerprint density at radius 3 is 2.61 bits per heavy atom. The Morgan fingerprint density at radius 1 is 1.13 bits per heavy atom. The molecule has 0 amide bonds. The van der Waals surface area contributed by atoms with E-state index in [9.17, 15) is 14.7 Å². The molecule has 0 atom stereocenters. The van der Waals surface area contributed by atoms with Gasteiger partial charge in [0.2, 0.25) is 0 Å². The summed E-state index contributed by atoms with van der Waals surface area (Å²) in [5.41, 5.74) is 0.872. The van der Waals surface area contributed by atoms with Crippen molar-refractivity contribution in [1.82, 2.24) is 4.57 Å². The SMILES string of the molecule is CC(C)(C)OC(=O)n1c(C(=O)O)cc2c(OCc3coc4ccc(Cl)cc34)cccc21. The summed E-state index contributed by atoms with van der Waals surface area (Å²) >= 11 is 6.08. The lowest BCUT2D eigenvalue weighted by Gasteiger charge is -2.20. The van der Waals surface area contributed by atoms with Gasteiger partial charge in [0.05, 0.1) is 11.8 Å². The Kier molecular flexibility index (Phi) is 5.15. The molecule has 0 aliphatic carbocycles. The topological polar surface area (TPSA) is 90.9 Å². The zero-order valence-electron chi connectivity index (χ0n) is 17.1. The Bertz CT molecular complexity index is 1310. The van der Waals surface area contributed by atoms with Crippen molar-refractivity contribution in [3.8, 4) is 5.75 Å². The lowest BCUT2D eigenvalue weighted by molar-refractivity contribution is 0.0513. The van der Waals surface area contributed by atoms with Crippen LogP contribution in [0.4, 0.5) is 4.79 Å². The molecule has 4 rings (SSSR count). The van der Waals surface area contributed by atoms with E-state index >= 15 is 0 Å². The van der Waals surface area contributed by atoms with Crippen LogP contribution in [0.5, 0.6) is 5.75 Å². The standard InChI is InChI=1S/C23H20ClNO6/c1-23(2,3)31-22(28)25-17-5-4-6-19(16(17)10-18(25)21(26)27)29-11-13-12-30-20-8-7-14(24)9-15(13)20/h4-10,12H,11H2,1-3H3,(H,26,27). The number of hydrogen-bond donors (Lipinski definition) is 1. The summed E-state index contributed by atoms with van der Waals surface area (Å²) in [6.07, 6.45) is 0.822. The van der Waals surface area contributed by atoms with Gasteiger partial charge < -0.3 is 19.0 Å². The molecule has 0 aliphatic rings. The molecule has 0 saturated carbocycles. The molecular weight excluding hydrogens is 422 g/mol. The zero-order chi connectivity index (χ0) is 22.3. The lowest BCUT2D eigenvalue weighted by atomic mass is 10.2. The molecule has 160 valence electrons. The van der Waals surface area contributed by atoms with E-state index in [1.165, 1.54) is 6.07 Å². The van der Waals surface area contributed by atoms with Gasteiger partial charge in [0.1, 0.15) is 29.2 Å². The third-order valence-corrected chi connectivity index (χ3v) is 4.84. The van der Waals surface area contributed by atoms with Crippen LogP contribution in [0.25, 0.3) is 21.9 Å². The Hall–Kier alpha value is -3.45. The molecule has 4 aromatic rings. The van der Waals surface area contributed by atoms with Crippen molar-refractivity contribution in [3.05, 3.63) is 65.0 Å². The van der Waals surface area contributed by atoms with Crippen LogP contribution in [-0.4, -0.2) is 27.3 Å². The predicted octanol–water partition coefficient (Wildman–Crippen LogP) is 6.10. The molecule has 0 aliphatic heterocycles. The van der Waals surface area contributed by atoms with Crippen molar-refractivity contribution in [2.45, 2.75) is 33.0 Å². The smallest absolute Gasteiger partial charge is 0.419 e. The first-order valence-electron chi connectivity index (χ1n) is 9.53. The van der Waals surface area contributed by atoms with Crippen LogP contribution < -0.4 is 4.74 Å². The summed E-state index contributed by atoms with van der Waals surface area (Å²) in [5.74, 6) is -0.817. The van der Waals surface area contributed by atoms with Crippen LogP contribution in [0.1, 0.15) is 36.8 Å². The van der Waals surface area contributed by atoms with E-state index in [4.69, 9.17) is 25.5 Å². The van der Waals surface area contributed by atoms with E-state index in [2.05, 4.69) is 0 Å². The summed E-state index contributed by atoms with van der Waals surface area (Å²) in [7, 11) is 0. The highest BCUT2D eigenvalue weighted by Crippen LogP contribution is 2.32. The largest absolute Gasteiger partial charge is 0.488 e. The van der Waals surface area contributed by atoms with Gasteiger partial charge in [-0.1, -0.05) is 17.7 Å². The van der Waals surface area contributed by atoms with E-state index in [-0.39, 0.29) is 12.3 Å². The molecule has 1 N–H and O–H groups in total. The lowest BCUT2D eigenvalue weighted by Crippen LogP contribution is -2.28. The first-order valence-corrected chi connectivity index (χ1v) is 9.91. The van der Waals surface area contributed by atoms with Gasteiger partial charge in [0, 0.05) is 21.4 Å². The van der Waals surface area contributed by atoms with Gasteiger partial charge in [-0.2, -0.15) is 0 Å². The van der Waals surface area contributed by atoms with Crippen LogP contribution in [-0.2, 0) is 11.3 Å². The number of hydrogen-bond acceptors (Lipinski definition) is 5. The van der Waals surface area contributed by atoms with Crippen molar-refractivity contribution >= 4 is 45.5 Å². The van der Waals surface area contributed by atoms with Crippen LogP contribution in [0.2, 0.25) is 5.02 Å².